The Morgan fingerprint density at radius 2 is 1.61 bits per heavy atom. The van der Waals surface area contributed by atoms with Crippen molar-refractivity contribution in [2.24, 2.45) is 0 Å². The standard InChI is InChI=1S/C26H29N3O2/c1-20-7-6-10-24(25(20)31-2)26(30)27-22-11-13-23(14-12-22)29-17-15-28(16-18-29)19-21-8-4-3-5-9-21/h3-14H,15-19H2,1-2H3,(H,27,30). The molecule has 0 aliphatic carbocycles. The van der Waals surface area contributed by atoms with E-state index in [9.17, 15) is 4.79 Å². The Balaban J connectivity index is 1.34. The summed E-state index contributed by atoms with van der Waals surface area (Å²) in [6.07, 6.45) is 0. The molecule has 0 spiro atoms. The van der Waals surface area contributed by atoms with Crippen LogP contribution in [0.2, 0.25) is 0 Å². The van der Waals surface area contributed by atoms with Gasteiger partial charge in [0.1, 0.15) is 5.75 Å². The predicted molar refractivity (Wildman–Crippen MR) is 126 cm³/mol. The summed E-state index contributed by atoms with van der Waals surface area (Å²) in [4.78, 5) is 17.6. The number of hydrogen-bond donors (Lipinski definition) is 1. The highest BCUT2D eigenvalue weighted by Crippen LogP contribution is 2.25. The Hall–Kier alpha value is -3.31. The number of piperazine rings is 1. The number of para-hydroxylation sites is 1. The van der Waals surface area contributed by atoms with Gasteiger partial charge in [0.25, 0.3) is 5.91 Å². The highest BCUT2D eigenvalue weighted by Gasteiger charge is 2.18. The van der Waals surface area contributed by atoms with Crippen LogP contribution < -0.4 is 15.0 Å². The molecule has 1 fully saturated rings. The van der Waals surface area contributed by atoms with Crippen molar-refractivity contribution in [3.05, 3.63) is 89.5 Å². The maximum atomic E-state index is 12.7. The van der Waals surface area contributed by atoms with Crippen LogP contribution in [0, 0.1) is 6.92 Å². The van der Waals surface area contributed by atoms with Crippen molar-refractivity contribution in [1.82, 2.24) is 4.90 Å². The van der Waals surface area contributed by atoms with Crippen molar-refractivity contribution in [1.29, 1.82) is 0 Å². The van der Waals surface area contributed by atoms with E-state index in [0.717, 1.165) is 44.0 Å². The first-order valence-corrected chi connectivity index (χ1v) is 10.7. The van der Waals surface area contributed by atoms with Crippen LogP contribution in [0.5, 0.6) is 5.75 Å². The lowest BCUT2D eigenvalue weighted by Gasteiger charge is -2.36. The van der Waals surface area contributed by atoms with Crippen LogP contribution in [0.15, 0.2) is 72.8 Å². The molecule has 0 unspecified atom stereocenters. The van der Waals surface area contributed by atoms with Crippen molar-refractivity contribution in [3.8, 4) is 5.75 Å². The average molecular weight is 416 g/mol. The lowest BCUT2D eigenvalue weighted by atomic mass is 10.1. The van der Waals surface area contributed by atoms with Gasteiger partial charge in [-0.3, -0.25) is 9.69 Å². The molecule has 160 valence electrons. The number of aryl methyl sites for hydroxylation is 1. The highest BCUT2D eigenvalue weighted by molar-refractivity contribution is 6.06. The Labute approximate surface area is 184 Å². The quantitative estimate of drug-likeness (QED) is 0.640. The van der Waals surface area contributed by atoms with Crippen molar-refractivity contribution in [2.45, 2.75) is 13.5 Å². The molecular formula is C26H29N3O2. The fourth-order valence-corrected chi connectivity index (χ4v) is 4.06. The summed E-state index contributed by atoms with van der Waals surface area (Å²) in [6.45, 7) is 7.02. The van der Waals surface area contributed by atoms with Gasteiger partial charge in [-0.1, -0.05) is 42.5 Å². The van der Waals surface area contributed by atoms with E-state index in [2.05, 4.69) is 57.6 Å². The summed E-state index contributed by atoms with van der Waals surface area (Å²) in [7, 11) is 1.59. The van der Waals surface area contributed by atoms with Gasteiger partial charge in [-0.25, -0.2) is 0 Å². The molecule has 1 N–H and O–H groups in total. The SMILES string of the molecule is COc1c(C)cccc1C(=O)Nc1ccc(N2CCN(Cc3ccccc3)CC2)cc1. The summed E-state index contributed by atoms with van der Waals surface area (Å²) < 4.78 is 5.41. The summed E-state index contributed by atoms with van der Waals surface area (Å²) in [5, 5.41) is 2.98. The third-order valence-electron chi connectivity index (χ3n) is 5.77. The monoisotopic (exact) mass is 415 g/mol. The van der Waals surface area contributed by atoms with Crippen LogP contribution >= 0.6 is 0 Å². The van der Waals surface area contributed by atoms with Gasteiger partial charge in [0.2, 0.25) is 0 Å². The van der Waals surface area contributed by atoms with Gasteiger partial charge in [0, 0.05) is 44.1 Å². The zero-order valence-electron chi connectivity index (χ0n) is 18.2. The average Bonchev–Trinajstić information content (AvgIpc) is 2.80. The topological polar surface area (TPSA) is 44.8 Å². The molecular weight excluding hydrogens is 386 g/mol. The third-order valence-corrected chi connectivity index (χ3v) is 5.77. The molecule has 1 heterocycles. The molecule has 1 saturated heterocycles. The molecule has 5 heteroatoms. The zero-order valence-corrected chi connectivity index (χ0v) is 18.2. The first kappa shape index (κ1) is 20.9. The number of nitrogens with one attached hydrogen (secondary N) is 1. The molecule has 1 aliphatic heterocycles. The van der Waals surface area contributed by atoms with Crippen LogP contribution in [-0.4, -0.2) is 44.1 Å². The van der Waals surface area contributed by atoms with E-state index in [1.807, 2.05) is 31.2 Å². The minimum atomic E-state index is -0.164. The van der Waals surface area contributed by atoms with Crippen molar-refractivity contribution < 1.29 is 9.53 Å². The lowest BCUT2D eigenvalue weighted by Crippen LogP contribution is -2.45. The maximum absolute atomic E-state index is 12.7. The smallest absolute Gasteiger partial charge is 0.259 e. The van der Waals surface area contributed by atoms with Crippen LogP contribution in [-0.2, 0) is 6.54 Å². The minimum absolute atomic E-state index is 0.164. The molecule has 0 saturated carbocycles. The Kier molecular flexibility index (Phi) is 6.53. The number of amides is 1. The number of methoxy groups -OCH3 is 1. The zero-order chi connectivity index (χ0) is 21.6. The van der Waals surface area contributed by atoms with Crippen molar-refractivity contribution in [2.75, 3.05) is 43.5 Å². The van der Waals surface area contributed by atoms with Crippen LogP contribution in [0.4, 0.5) is 11.4 Å². The Morgan fingerprint density at radius 1 is 0.903 bits per heavy atom. The van der Waals surface area contributed by atoms with E-state index in [1.54, 1.807) is 13.2 Å². The maximum Gasteiger partial charge on any atom is 0.259 e. The Morgan fingerprint density at radius 3 is 2.29 bits per heavy atom. The molecule has 3 aromatic carbocycles. The minimum Gasteiger partial charge on any atom is -0.496 e. The van der Waals surface area contributed by atoms with Crippen molar-refractivity contribution >= 4 is 17.3 Å². The summed E-state index contributed by atoms with van der Waals surface area (Å²) in [5.74, 6) is 0.452. The molecule has 31 heavy (non-hydrogen) atoms. The largest absolute Gasteiger partial charge is 0.496 e. The molecule has 1 amide bonds. The number of hydrogen-bond acceptors (Lipinski definition) is 4. The molecule has 0 atom stereocenters. The molecule has 1 aliphatic rings. The van der Waals surface area contributed by atoms with E-state index < -0.39 is 0 Å². The Bertz CT molecular complexity index is 1010. The second-order valence-electron chi connectivity index (χ2n) is 7.91. The number of rotatable bonds is 6. The lowest BCUT2D eigenvalue weighted by molar-refractivity contribution is 0.102. The van der Waals surface area contributed by atoms with E-state index in [-0.39, 0.29) is 5.91 Å². The fourth-order valence-electron chi connectivity index (χ4n) is 4.06. The molecule has 0 aromatic heterocycles. The van der Waals surface area contributed by atoms with Crippen LogP contribution in [0.1, 0.15) is 21.5 Å². The molecule has 0 radical (unpaired) electrons. The summed E-state index contributed by atoms with van der Waals surface area (Å²) in [6, 6.07) is 24.3. The highest BCUT2D eigenvalue weighted by atomic mass is 16.5. The molecule has 3 aromatic rings. The van der Waals surface area contributed by atoms with Gasteiger partial charge in [0.05, 0.1) is 12.7 Å². The van der Waals surface area contributed by atoms with Gasteiger partial charge in [-0.2, -0.15) is 0 Å². The number of carbonyl (C=O) groups is 1. The molecule has 4 rings (SSSR count). The van der Waals surface area contributed by atoms with E-state index in [4.69, 9.17) is 4.74 Å². The first-order valence-electron chi connectivity index (χ1n) is 10.7. The van der Waals surface area contributed by atoms with Gasteiger partial charge in [-0.15, -0.1) is 0 Å². The third kappa shape index (κ3) is 5.06. The summed E-state index contributed by atoms with van der Waals surface area (Å²) >= 11 is 0. The summed E-state index contributed by atoms with van der Waals surface area (Å²) in [5.41, 5.74) is 4.81. The number of anilines is 2. The van der Waals surface area contributed by atoms with Crippen molar-refractivity contribution in [3.63, 3.8) is 0 Å². The number of ether oxygens (including phenoxy) is 1. The van der Waals surface area contributed by atoms with E-state index in [1.165, 1.54) is 11.3 Å². The van der Waals surface area contributed by atoms with Gasteiger partial charge in [0.15, 0.2) is 0 Å². The van der Waals surface area contributed by atoms with Crippen LogP contribution in [0.25, 0.3) is 0 Å². The second kappa shape index (κ2) is 9.67. The normalized spacial score (nSPS) is 14.3. The van der Waals surface area contributed by atoms with Gasteiger partial charge in [-0.05, 0) is 48.4 Å². The molecule has 5 nitrogen and oxygen atoms in total. The molecule has 0 bridgehead atoms. The number of carbonyl (C=O) groups excluding carboxylic acids is 1. The predicted octanol–water partition coefficient (Wildman–Crippen LogP) is 4.58. The number of nitrogens with zero attached hydrogens (tertiary/aromatic N) is 2. The van der Waals surface area contributed by atoms with Gasteiger partial charge >= 0.3 is 0 Å². The van der Waals surface area contributed by atoms with Gasteiger partial charge < -0.3 is 15.0 Å². The van der Waals surface area contributed by atoms with Crippen LogP contribution in [0.3, 0.4) is 0 Å². The van der Waals surface area contributed by atoms with E-state index in [0.29, 0.717) is 11.3 Å². The van der Waals surface area contributed by atoms with E-state index >= 15 is 0 Å². The second-order valence-corrected chi connectivity index (χ2v) is 7.91. The first-order chi connectivity index (χ1) is 15.1. The number of benzene rings is 3. The fraction of sp³-hybridized carbons (Fsp3) is 0.269.